The maximum absolute atomic E-state index is 10.4. The number of halogens is 1. The number of rotatable bonds is 5. The zero-order valence-electron chi connectivity index (χ0n) is 16.9. The molecule has 0 amide bonds. The molecule has 0 fully saturated rings. The molecule has 1 rings (SSSR count). The van der Waals surface area contributed by atoms with E-state index >= 15 is 0 Å². The first kappa shape index (κ1) is 30.0. The van der Waals surface area contributed by atoms with E-state index in [0.29, 0.717) is 0 Å². The highest BCUT2D eigenvalue weighted by atomic mass is 35.5. The van der Waals surface area contributed by atoms with Gasteiger partial charge in [-0.25, -0.2) is 8.42 Å². The fraction of sp³-hybridized carbons (Fsp3) is 0.647. The van der Waals surface area contributed by atoms with Crippen molar-refractivity contribution in [2.45, 2.75) is 11.8 Å². The van der Waals surface area contributed by atoms with Crippen LogP contribution in [-0.4, -0.2) is 101 Å². The van der Waals surface area contributed by atoms with Crippen LogP contribution >= 0.6 is 0 Å². The van der Waals surface area contributed by atoms with Crippen molar-refractivity contribution in [1.29, 1.82) is 0 Å². The van der Waals surface area contributed by atoms with Gasteiger partial charge in [-0.15, -0.1) is 0 Å². The van der Waals surface area contributed by atoms with E-state index in [4.69, 9.17) is 10.2 Å². The average molecular weight is 415 g/mol. The summed E-state index contributed by atoms with van der Waals surface area (Å²) in [6.07, 6.45) is 0. The molecule has 0 heterocycles. The molecule has 0 atom stereocenters. The normalized spacial score (nSPS) is 11.3. The number of likely N-dealkylation sites (N-methyl/N-ethyl adjacent to an activating group) is 2. The Kier molecular flexibility index (Phi) is 15.5. The molecule has 0 radical (unpaired) electrons. The van der Waals surface area contributed by atoms with Gasteiger partial charge in [0, 0.05) is 0 Å². The summed E-state index contributed by atoms with van der Waals surface area (Å²) in [5, 5.41) is 16.8. The van der Waals surface area contributed by atoms with E-state index in [1.165, 1.54) is 12.1 Å². The van der Waals surface area contributed by atoms with Gasteiger partial charge in [0.25, 0.3) is 0 Å². The summed E-state index contributed by atoms with van der Waals surface area (Å²) >= 11 is 0. The van der Waals surface area contributed by atoms with Crippen molar-refractivity contribution in [3.05, 3.63) is 29.8 Å². The summed E-state index contributed by atoms with van der Waals surface area (Å²) in [5.74, 6) is 0. The summed E-state index contributed by atoms with van der Waals surface area (Å²) in [5.41, 5.74) is 0.928. The Morgan fingerprint density at radius 1 is 0.846 bits per heavy atom. The number of aliphatic hydroxyl groups is 2. The van der Waals surface area contributed by atoms with Gasteiger partial charge in [0.1, 0.15) is 23.2 Å². The van der Waals surface area contributed by atoms with Crippen LogP contribution in [0.2, 0.25) is 0 Å². The third kappa shape index (κ3) is 21.3. The number of quaternary nitrogens is 2. The molecule has 0 aromatic heterocycles. The van der Waals surface area contributed by atoms with Crippen molar-refractivity contribution >= 4 is 10.1 Å². The van der Waals surface area contributed by atoms with Crippen LogP contribution in [0.1, 0.15) is 5.56 Å². The van der Waals surface area contributed by atoms with Gasteiger partial charge in [0.05, 0.1) is 60.4 Å². The van der Waals surface area contributed by atoms with E-state index in [2.05, 4.69) is 42.3 Å². The monoisotopic (exact) mass is 414 g/mol. The molecule has 7 nitrogen and oxygen atoms in total. The van der Waals surface area contributed by atoms with Gasteiger partial charge in [-0.3, -0.25) is 0 Å². The maximum Gasteiger partial charge on any atom is 0.124 e. The highest BCUT2D eigenvalue weighted by Gasteiger charge is 2.02. The zero-order chi connectivity index (χ0) is 20.3. The number of hydrogen-bond donors (Lipinski definition) is 2. The molecule has 0 spiro atoms. The molecule has 156 valence electrons. The fourth-order valence-electron chi connectivity index (χ4n) is 1.30. The lowest BCUT2D eigenvalue weighted by atomic mass is 10.2. The van der Waals surface area contributed by atoms with Gasteiger partial charge in [-0.2, -0.15) is 0 Å². The number of nitrogens with zero attached hydrogens (tertiary/aromatic N) is 2. The lowest BCUT2D eigenvalue weighted by Gasteiger charge is -2.21. The lowest BCUT2D eigenvalue weighted by molar-refractivity contribution is -0.870. The first-order valence-corrected chi connectivity index (χ1v) is 9.38. The molecular formula is C17H35ClN2O5S. The maximum atomic E-state index is 10.4. The molecule has 1 aromatic carbocycles. The second-order valence-corrected chi connectivity index (χ2v) is 9.12. The lowest BCUT2D eigenvalue weighted by Crippen LogP contribution is -3.00. The predicted molar refractivity (Wildman–Crippen MR) is 99.1 cm³/mol. The van der Waals surface area contributed by atoms with E-state index in [1.54, 1.807) is 12.1 Å². The molecule has 1 aromatic rings. The predicted octanol–water partition coefficient (Wildman–Crippen LogP) is -2.73. The quantitative estimate of drug-likeness (QED) is 0.403. The molecule has 9 heteroatoms. The smallest absolute Gasteiger partial charge is 0.124 e. The molecule has 0 saturated heterocycles. The van der Waals surface area contributed by atoms with Gasteiger partial charge < -0.3 is 36.1 Å². The number of aryl methyl sites for hydroxylation is 1. The van der Waals surface area contributed by atoms with Crippen molar-refractivity contribution in [1.82, 2.24) is 0 Å². The second-order valence-electron chi connectivity index (χ2n) is 7.74. The van der Waals surface area contributed by atoms with Crippen LogP contribution in [0.5, 0.6) is 0 Å². The summed E-state index contributed by atoms with van der Waals surface area (Å²) in [6.45, 7) is 4.05. The standard InChI is InChI=1S/C7H8O3S.2C5H14NO.ClH/c1-6-2-4-7(5-3-6)11(8,9)10;2*1-6(2,3)4-5-7;/h2-5H,1H3,(H,8,9,10);2*7H,4-5H2,1-3H3;1H/q;2*+1;/p-2. The summed E-state index contributed by atoms with van der Waals surface area (Å²) < 4.78 is 32.9. The van der Waals surface area contributed by atoms with Crippen molar-refractivity contribution in [3.63, 3.8) is 0 Å². The fourth-order valence-corrected chi connectivity index (χ4v) is 1.77. The van der Waals surface area contributed by atoms with E-state index in [-0.39, 0.29) is 30.5 Å². The zero-order valence-corrected chi connectivity index (χ0v) is 18.5. The summed E-state index contributed by atoms with van der Waals surface area (Å²) in [4.78, 5) is -0.178. The highest BCUT2D eigenvalue weighted by molar-refractivity contribution is 7.85. The first-order chi connectivity index (χ1) is 11.1. The Bertz CT molecular complexity index is 548. The Balaban J connectivity index is -0.000000314. The third-order valence-electron chi connectivity index (χ3n) is 2.85. The van der Waals surface area contributed by atoms with E-state index in [1.807, 2.05) is 6.92 Å². The van der Waals surface area contributed by atoms with Crippen molar-refractivity contribution in [3.8, 4) is 0 Å². The van der Waals surface area contributed by atoms with Crippen LogP contribution in [-0.2, 0) is 10.1 Å². The minimum absolute atomic E-state index is 0. The van der Waals surface area contributed by atoms with Crippen molar-refractivity contribution in [2.75, 3.05) is 68.6 Å². The van der Waals surface area contributed by atoms with Crippen molar-refractivity contribution in [2.24, 2.45) is 0 Å². The molecule has 0 aliphatic carbocycles. The third-order valence-corrected chi connectivity index (χ3v) is 3.70. The topological polar surface area (TPSA) is 97.7 Å². The molecule has 0 aliphatic rings. The molecule has 0 saturated carbocycles. The van der Waals surface area contributed by atoms with Crippen molar-refractivity contribution < 1.29 is 44.6 Å². The molecule has 0 aliphatic heterocycles. The number of benzene rings is 1. The number of hydrogen-bond acceptors (Lipinski definition) is 5. The van der Waals surface area contributed by atoms with Crippen LogP contribution in [0.15, 0.2) is 29.2 Å². The highest BCUT2D eigenvalue weighted by Crippen LogP contribution is 2.08. The first-order valence-electron chi connectivity index (χ1n) is 7.97. The van der Waals surface area contributed by atoms with Crippen LogP contribution in [0.3, 0.4) is 0 Å². The SMILES string of the molecule is C[N+](C)(C)CCO.C[N+](C)(C)CCO.Cc1ccc(S(=O)(=O)[O-])cc1.[Cl-]. The summed E-state index contributed by atoms with van der Waals surface area (Å²) in [7, 11) is 8.04. The van der Waals surface area contributed by atoms with Crippen LogP contribution in [0, 0.1) is 6.92 Å². The molecule has 0 bridgehead atoms. The summed E-state index contributed by atoms with van der Waals surface area (Å²) in [6, 6.07) is 5.78. The van der Waals surface area contributed by atoms with Gasteiger partial charge >= 0.3 is 0 Å². The van der Waals surface area contributed by atoms with Crippen LogP contribution in [0.4, 0.5) is 0 Å². The minimum Gasteiger partial charge on any atom is -1.00 e. The second kappa shape index (κ2) is 13.4. The number of aliphatic hydroxyl groups excluding tert-OH is 2. The molecule has 2 N–H and O–H groups in total. The Hall–Kier alpha value is -0.740. The molecular weight excluding hydrogens is 380 g/mol. The van der Waals surface area contributed by atoms with Crippen LogP contribution in [0.25, 0.3) is 0 Å². The van der Waals surface area contributed by atoms with Gasteiger partial charge in [-0.1, -0.05) is 17.7 Å². The van der Waals surface area contributed by atoms with Gasteiger partial charge in [0.15, 0.2) is 0 Å². The Morgan fingerprint density at radius 3 is 1.31 bits per heavy atom. The minimum atomic E-state index is -4.27. The molecule has 0 unspecified atom stereocenters. The molecule has 26 heavy (non-hydrogen) atoms. The van der Waals surface area contributed by atoms with E-state index in [9.17, 15) is 13.0 Å². The van der Waals surface area contributed by atoms with Gasteiger partial charge in [-0.05, 0) is 19.1 Å². The Labute approximate surface area is 165 Å². The van der Waals surface area contributed by atoms with E-state index < -0.39 is 10.1 Å². The largest absolute Gasteiger partial charge is 1.00 e. The Morgan fingerprint density at radius 2 is 1.15 bits per heavy atom. The van der Waals surface area contributed by atoms with Gasteiger partial charge in [0.2, 0.25) is 0 Å². The average Bonchev–Trinajstić information content (AvgIpc) is 2.36. The van der Waals surface area contributed by atoms with E-state index in [0.717, 1.165) is 27.6 Å². The van der Waals surface area contributed by atoms with Crippen LogP contribution < -0.4 is 12.4 Å².